The van der Waals surface area contributed by atoms with Crippen molar-refractivity contribution in [3.63, 3.8) is 0 Å². The standard InChI is InChI=1S/C17H22N2O3/c18-14-9-5-2-6-10-16(20)19-15(11-12-22-17(14)21)13-7-3-1-4-8-13/h1-5,7-8,14-15H,6,9-12,18H2,(H,19,20)/b5-2-/t14-,15+/m1/s1. The lowest BCUT2D eigenvalue weighted by atomic mass is 10.0. The van der Waals surface area contributed by atoms with Gasteiger partial charge < -0.3 is 15.8 Å². The minimum atomic E-state index is -0.643. The Balaban J connectivity index is 2.08. The maximum atomic E-state index is 12.0. The summed E-state index contributed by atoms with van der Waals surface area (Å²) in [6.07, 6.45) is 5.72. The van der Waals surface area contributed by atoms with E-state index < -0.39 is 12.0 Å². The Morgan fingerprint density at radius 3 is 2.68 bits per heavy atom. The van der Waals surface area contributed by atoms with Gasteiger partial charge in [-0.1, -0.05) is 42.5 Å². The van der Waals surface area contributed by atoms with E-state index in [1.165, 1.54) is 0 Å². The largest absolute Gasteiger partial charge is 0.464 e. The number of nitrogens with two attached hydrogens (primary N) is 1. The Morgan fingerprint density at radius 2 is 1.91 bits per heavy atom. The zero-order valence-electron chi connectivity index (χ0n) is 12.5. The number of hydrogen-bond donors (Lipinski definition) is 2. The molecule has 0 aliphatic carbocycles. The molecule has 2 atom stereocenters. The van der Waals surface area contributed by atoms with Crippen molar-refractivity contribution >= 4 is 11.9 Å². The quantitative estimate of drug-likeness (QED) is 0.612. The fourth-order valence-corrected chi connectivity index (χ4v) is 2.33. The van der Waals surface area contributed by atoms with Crippen LogP contribution in [0.1, 0.15) is 37.3 Å². The van der Waals surface area contributed by atoms with Gasteiger partial charge in [0.25, 0.3) is 0 Å². The van der Waals surface area contributed by atoms with Gasteiger partial charge in [-0.2, -0.15) is 0 Å². The smallest absolute Gasteiger partial charge is 0.323 e. The summed E-state index contributed by atoms with van der Waals surface area (Å²) in [7, 11) is 0. The van der Waals surface area contributed by atoms with Gasteiger partial charge in [0.05, 0.1) is 12.6 Å². The average Bonchev–Trinajstić information content (AvgIpc) is 2.54. The Kier molecular flexibility index (Phi) is 6.15. The molecule has 1 aromatic carbocycles. The Labute approximate surface area is 130 Å². The number of carbonyl (C=O) groups excluding carboxylic acids is 2. The number of allylic oxidation sites excluding steroid dienone is 1. The Morgan fingerprint density at radius 1 is 1.14 bits per heavy atom. The van der Waals surface area contributed by atoms with Gasteiger partial charge in [-0.15, -0.1) is 0 Å². The monoisotopic (exact) mass is 302 g/mol. The van der Waals surface area contributed by atoms with Gasteiger partial charge >= 0.3 is 5.97 Å². The predicted molar refractivity (Wildman–Crippen MR) is 83.9 cm³/mol. The highest BCUT2D eigenvalue weighted by Gasteiger charge is 2.18. The summed E-state index contributed by atoms with van der Waals surface area (Å²) in [5.41, 5.74) is 6.76. The van der Waals surface area contributed by atoms with Crippen molar-refractivity contribution in [2.75, 3.05) is 6.61 Å². The molecular weight excluding hydrogens is 280 g/mol. The molecule has 3 N–H and O–H groups in total. The van der Waals surface area contributed by atoms with Crippen molar-refractivity contribution < 1.29 is 14.3 Å². The highest BCUT2D eigenvalue weighted by Crippen LogP contribution is 2.17. The molecule has 5 heteroatoms. The molecule has 1 aromatic rings. The summed E-state index contributed by atoms with van der Waals surface area (Å²) in [4.78, 5) is 23.8. The first-order chi connectivity index (χ1) is 10.7. The third kappa shape index (κ3) is 5.00. The third-order valence-corrected chi connectivity index (χ3v) is 3.59. The van der Waals surface area contributed by atoms with Crippen LogP contribution >= 0.6 is 0 Å². The molecule has 2 rings (SSSR count). The Hall–Kier alpha value is -2.14. The molecule has 1 amide bonds. The molecule has 0 fully saturated rings. The summed E-state index contributed by atoms with van der Waals surface area (Å²) in [6.45, 7) is 0.232. The number of hydrogen-bond acceptors (Lipinski definition) is 4. The third-order valence-electron chi connectivity index (χ3n) is 3.59. The minimum Gasteiger partial charge on any atom is -0.464 e. The molecule has 0 saturated carbocycles. The van der Waals surface area contributed by atoms with Crippen LogP contribution in [0.4, 0.5) is 0 Å². The van der Waals surface area contributed by atoms with Crippen LogP contribution in [-0.4, -0.2) is 24.5 Å². The van der Waals surface area contributed by atoms with Crippen molar-refractivity contribution in [2.45, 2.75) is 37.8 Å². The minimum absolute atomic E-state index is 0.00613. The molecular formula is C17H22N2O3. The molecule has 5 nitrogen and oxygen atoms in total. The fraction of sp³-hybridized carbons (Fsp3) is 0.412. The first-order valence-electron chi connectivity index (χ1n) is 7.58. The van der Waals surface area contributed by atoms with E-state index >= 15 is 0 Å². The summed E-state index contributed by atoms with van der Waals surface area (Å²) >= 11 is 0. The molecule has 22 heavy (non-hydrogen) atoms. The molecule has 0 saturated heterocycles. The van der Waals surface area contributed by atoms with Crippen molar-refractivity contribution in [3.05, 3.63) is 48.0 Å². The molecule has 0 spiro atoms. The van der Waals surface area contributed by atoms with Crippen LogP contribution in [0.5, 0.6) is 0 Å². The van der Waals surface area contributed by atoms with E-state index in [1.54, 1.807) is 0 Å². The number of rotatable bonds is 1. The van der Waals surface area contributed by atoms with Gasteiger partial charge in [-0.3, -0.25) is 9.59 Å². The molecule has 1 heterocycles. The van der Waals surface area contributed by atoms with Gasteiger partial charge in [-0.05, 0) is 18.4 Å². The lowest BCUT2D eigenvalue weighted by molar-refractivity contribution is -0.145. The van der Waals surface area contributed by atoms with Crippen LogP contribution in [0.25, 0.3) is 0 Å². The maximum Gasteiger partial charge on any atom is 0.323 e. The number of amides is 1. The van der Waals surface area contributed by atoms with Crippen LogP contribution in [-0.2, 0) is 14.3 Å². The Bertz CT molecular complexity index is 528. The molecule has 118 valence electrons. The molecule has 0 radical (unpaired) electrons. The number of benzene rings is 1. The first kappa shape index (κ1) is 16.2. The van der Waals surface area contributed by atoms with E-state index in [0.29, 0.717) is 25.7 Å². The number of esters is 1. The second kappa shape index (κ2) is 8.34. The van der Waals surface area contributed by atoms with Crippen LogP contribution in [0, 0.1) is 0 Å². The summed E-state index contributed by atoms with van der Waals surface area (Å²) in [6, 6.07) is 8.88. The van der Waals surface area contributed by atoms with E-state index in [0.717, 1.165) is 5.56 Å². The van der Waals surface area contributed by atoms with Crippen molar-refractivity contribution in [2.24, 2.45) is 5.73 Å². The zero-order chi connectivity index (χ0) is 15.8. The lowest BCUT2D eigenvalue weighted by Gasteiger charge is -2.19. The van der Waals surface area contributed by atoms with E-state index in [1.807, 2.05) is 42.5 Å². The second-order valence-corrected chi connectivity index (χ2v) is 5.34. The summed E-state index contributed by atoms with van der Waals surface area (Å²) in [5.74, 6) is -0.407. The van der Waals surface area contributed by atoms with Crippen LogP contribution in [0.3, 0.4) is 0 Å². The van der Waals surface area contributed by atoms with Crippen molar-refractivity contribution in [1.82, 2.24) is 5.32 Å². The highest BCUT2D eigenvalue weighted by molar-refractivity contribution is 5.77. The maximum absolute atomic E-state index is 12.0. The topological polar surface area (TPSA) is 81.4 Å². The fourth-order valence-electron chi connectivity index (χ4n) is 2.33. The SMILES string of the molecule is N[C@@H]1C/C=C\CCC(=O)N[C@H](c2ccccc2)CCOC1=O. The molecule has 0 bridgehead atoms. The van der Waals surface area contributed by atoms with Gasteiger partial charge in [0, 0.05) is 12.8 Å². The van der Waals surface area contributed by atoms with Gasteiger partial charge in [0.15, 0.2) is 0 Å². The highest BCUT2D eigenvalue weighted by atomic mass is 16.5. The van der Waals surface area contributed by atoms with Gasteiger partial charge in [0.1, 0.15) is 6.04 Å². The second-order valence-electron chi connectivity index (χ2n) is 5.34. The predicted octanol–water partition coefficient (Wildman–Crippen LogP) is 1.84. The van der Waals surface area contributed by atoms with Gasteiger partial charge in [-0.25, -0.2) is 0 Å². The molecule has 0 unspecified atom stereocenters. The number of nitrogens with one attached hydrogen (secondary N) is 1. The molecule has 1 aliphatic rings. The number of ether oxygens (including phenoxy) is 1. The lowest BCUT2D eigenvalue weighted by Crippen LogP contribution is -2.33. The number of carbonyl (C=O) groups is 2. The summed E-state index contributed by atoms with van der Waals surface area (Å²) in [5, 5.41) is 3.00. The average molecular weight is 302 g/mol. The molecule has 1 aliphatic heterocycles. The van der Waals surface area contributed by atoms with E-state index in [4.69, 9.17) is 10.5 Å². The van der Waals surface area contributed by atoms with E-state index in [2.05, 4.69) is 5.32 Å². The summed E-state index contributed by atoms with van der Waals surface area (Å²) < 4.78 is 5.21. The van der Waals surface area contributed by atoms with E-state index in [-0.39, 0.29) is 18.6 Å². The van der Waals surface area contributed by atoms with E-state index in [9.17, 15) is 9.59 Å². The van der Waals surface area contributed by atoms with Crippen LogP contribution < -0.4 is 11.1 Å². The van der Waals surface area contributed by atoms with Crippen LogP contribution in [0.15, 0.2) is 42.5 Å². The number of cyclic esters (lactones) is 1. The van der Waals surface area contributed by atoms with Crippen molar-refractivity contribution in [3.8, 4) is 0 Å². The van der Waals surface area contributed by atoms with Crippen molar-refractivity contribution in [1.29, 1.82) is 0 Å². The normalized spacial score (nSPS) is 25.9. The van der Waals surface area contributed by atoms with Gasteiger partial charge in [0.2, 0.25) is 5.91 Å². The first-order valence-corrected chi connectivity index (χ1v) is 7.58. The molecule has 0 aromatic heterocycles. The zero-order valence-corrected chi connectivity index (χ0v) is 12.5. The van der Waals surface area contributed by atoms with Crippen LogP contribution in [0.2, 0.25) is 0 Å².